The van der Waals surface area contributed by atoms with Crippen LogP contribution in [0.4, 0.5) is 10.1 Å². The Morgan fingerprint density at radius 1 is 1.24 bits per heavy atom. The Morgan fingerprint density at radius 2 is 1.95 bits per heavy atom. The van der Waals surface area contributed by atoms with Gasteiger partial charge in [0.2, 0.25) is 0 Å². The van der Waals surface area contributed by atoms with Crippen LogP contribution in [0, 0.1) is 12.7 Å². The van der Waals surface area contributed by atoms with Gasteiger partial charge in [0.05, 0.1) is 17.9 Å². The van der Waals surface area contributed by atoms with E-state index in [0.717, 1.165) is 17.0 Å². The minimum Gasteiger partial charge on any atom is -0.366 e. The molecule has 21 heavy (non-hydrogen) atoms. The topological polar surface area (TPSA) is 28.2 Å². The number of rotatable bonds is 5. The van der Waals surface area contributed by atoms with Gasteiger partial charge in [-0.2, -0.15) is 0 Å². The first-order valence-corrected chi connectivity index (χ1v) is 7.12. The van der Waals surface area contributed by atoms with Crippen LogP contribution in [0.5, 0.6) is 0 Å². The third-order valence-corrected chi connectivity index (χ3v) is 3.64. The molecule has 1 unspecified atom stereocenters. The van der Waals surface area contributed by atoms with Crippen molar-refractivity contribution in [2.45, 2.75) is 26.4 Å². The summed E-state index contributed by atoms with van der Waals surface area (Å²) in [5.74, 6) is -0.204. The number of hydrogen-bond acceptors (Lipinski definition) is 3. The molecule has 0 radical (unpaired) electrons. The first kappa shape index (κ1) is 15.4. The van der Waals surface area contributed by atoms with E-state index in [9.17, 15) is 4.39 Å². The molecule has 1 heterocycles. The van der Waals surface area contributed by atoms with Gasteiger partial charge in [0.1, 0.15) is 5.82 Å². The van der Waals surface area contributed by atoms with E-state index in [1.54, 1.807) is 6.07 Å². The average molecular weight is 287 g/mol. The Hall–Kier alpha value is -1.94. The summed E-state index contributed by atoms with van der Waals surface area (Å²) >= 11 is 0. The Morgan fingerprint density at radius 3 is 2.62 bits per heavy atom. The number of pyridine rings is 1. The first-order chi connectivity index (χ1) is 10.0. The zero-order chi connectivity index (χ0) is 15.4. The number of nitrogens with zero attached hydrogens (tertiary/aromatic N) is 2. The molecule has 0 saturated heterocycles. The second-order valence-electron chi connectivity index (χ2n) is 5.31. The molecule has 0 amide bonds. The lowest BCUT2D eigenvalue weighted by molar-refractivity contribution is 0.601. The van der Waals surface area contributed by atoms with E-state index in [2.05, 4.69) is 10.3 Å². The van der Waals surface area contributed by atoms with Crippen molar-refractivity contribution in [3.8, 4) is 0 Å². The SMILES string of the molecule is CNC(C)c1cccc(F)c1N(C)Cc1cccc(C)n1. The van der Waals surface area contributed by atoms with Gasteiger partial charge in [-0.15, -0.1) is 0 Å². The van der Waals surface area contributed by atoms with Gasteiger partial charge in [-0.25, -0.2) is 4.39 Å². The maximum absolute atomic E-state index is 14.3. The molecule has 4 heteroatoms. The highest BCUT2D eigenvalue weighted by Crippen LogP contribution is 2.29. The molecule has 0 spiro atoms. The zero-order valence-corrected chi connectivity index (χ0v) is 13.0. The van der Waals surface area contributed by atoms with Crippen LogP contribution in [-0.2, 0) is 6.54 Å². The summed E-state index contributed by atoms with van der Waals surface area (Å²) in [6.45, 7) is 4.56. The number of nitrogens with one attached hydrogen (secondary N) is 1. The van der Waals surface area contributed by atoms with Crippen LogP contribution in [0.25, 0.3) is 0 Å². The molecule has 0 aliphatic heterocycles. The van der Waals surface area contributed by atoms with Crippen molar-refractivity contribution in [2.24, 2.45) is 0 Å². The molecular weight excluding hydrogens is 265 g/mol. The highest BCUT2D eigenvalue weighted by molar-refractivity contribution is 5.55. The highest BCUT2D eigenvalue weighted by atomic mass is 19.1. The van der Waals surface area contributed by atoms with E-state index in [0.29, 0.717) is 12.2 Å². The fraction of sp³-hybridized carbons (Fsp3) is 0.353. The molecule has 0 bridgehead atoms. The summed E-state index contributed by atoms with van der Waals surface area (Å²) in [4.78, 5) is 6.40. The summed E-state index contributed by atoms with van der Waals surface area (Å²) in [6, 6.07) is 11.2. The predicted octanol–water partition coefficient (Wildman–Crippen LogP) is 3.45. The van der Waals surface area contributed by atoms with Gasteiger partial charge in [0, 0.05) is 18.8 Å². The second kappa shape index (κ2) is 6.68. The van der Waals surface area contributed by atoms with E-state index in [4.69, 9.17) is 0 Å². The maximum Gasteiger partial charge on any atom is 0.146 e. The molecule has 0 fully saturated rings. The number of aryl methyl sites for hydroxylation is 1. The van der Waals surface area contributed by atoms with Gasteiger partial charge >= 0.3 is 0 Å². The van der Waals surface area contributed by atoms with E-state index >= 15 is 0 Å². The number of aromatic nitrogens is 1. The van der Waals surface area contributed by atoms with Crippen LogP contribution in [0.15, 0.2) is 36.4 Å². The summed E-state index contributed by atoms with van der Waals surface area (Å²) in [7, 11) is 3.77. The monoisotopic (exact) mass is 287 g/mol. The number of hydrogen-bond donors (Lipinski definition) is 1. The quantitative estimate of drug-likeness (QED) is 0.913. The van der Waals surface area contributed by atoms with Gasteiger partial charge in [0.15, 0.2) is 0 Å². The van der Waals surface area contributed by atoms with Crippen molar-refractivity contribution in [3.05, 3.63) is 59.2 Å². The third-order valence-electron chi connectivity index (χ3n) is 3.64. The van der Waals surface area contributed by atoms with Crippen molar-refractivity contribution in [2.75, 3.05) is 19.0 Å². The van der Waals surface area contributed by atoms with Gasteiger partial charge in [-0.3, -0.25) is 4.98 Å². The van der Waals surface area contributed by atoms with Crippen LogP contribution in [0.2, 0.25) is 0 Å². The van der Waals surface area contributed by atoms with Crippen LogP contribution in [-0.4, -0.2) is 19.1 Å². The van der Waals surface area contributed by atoms with Crippen molar-refractivity contribution in [1.29, 1.82) is 0 Å². The van der Waals surface area contributed by atoms with Gasteiger partial charge in [0.25, 0.3) is 0 Å². The third kappa shape index (κ3) is 3.58. The Labute approximate surface area is 125 Å². The lowest BCUT2D eigenvalue weighted by atomic mass is 10.0. The van der Waals surface area contributed by atoms with E-state index < -0.39 is 0 Å². The number of benzene rings is 1. The molecule has 1 N–H and O–H groups in total. The first-order valence-electron chi connectivity index (χ1n) is 7.12. The largest absolute Gasteiger partial charge is 0.366 e. The second-order valence-corrected chi connectivity index (χ2v) is 5.31. The maximum atomic E-state index is 14.3. The van der Waals surface area contributed by atoms with Crippen LogP contribution in [0.1, 0.15) is 29.9 Å². The summed E-state index contributed by atoms with van der Waals surface area (Å²) in [6.07, 6.45) is 0. The Bertz CT molecular complexity index is 613. The van der Waals surface area contributed by atoms with E-state index in [1.165, 1.54) is 6.07 Å². The van der Waals surface area contributed by atoms with Crippen molar-refractivity contribution in [3.63, 3.8) is 0 Å². The normalized spacial score (nSPS) is 12.2. The molecule has 2 aromatic rings. The van der Waals surface area contributed by atoms with Crippen molar-refractivity contribution >= 4 is 5.69 Å². The molecule has 112 valence electrons. The van der Waals surface area contributed by atoms with Gasteiger partial charge in [-0.1, -0.05) is 18.2 Å². The fourth-order valence-electron chi connectivity index (χ4n) is 2.45. The lowest BCUT2D eigenvalue weighted by Gasteiger charge is -2.25. The van der Waals surface area contributed by atoms with Crippen molar-refractivity contribution < 1.29 is 4.39 Å². The number of para-hydroxylation sites is 1. The molecule has 1 atom stereocenters. The standard InChI is InChI=1S/C17H22FN3/c1-12-7-5-8-14(20-12)11-21(4)17-15(13(2)19-3)9-6-10-16(17)18/h5-10,13,19H,11H2,1-4H3. The molecule has 1 aromatic carbocycles. The fourth-order valence-corrected chi connectivity index (χ4v) is 2.45. The lowest BCUT2D eigenvalue weighted by Crippen LogP contribution is -2.23. The van der Waals surface area contributed by atoms with Gasteiger partial charge in [-0.05, 0) is 44.7 Å². The minimum absolute atomic E-state index is 0.0867. The molecule has 0 aliphatic rings. The summed E-state index contributed by atoms with van der Waals surface area (Å²) in [5.41, 5.74) is 3.48. The van der Waals surface area contributed by atoms with Crippen molar-refractivity contribution in [1.82, 2.24) is 10.3 Å². The minimum atomic E-state index is -0.204. The Kier molecular flexibility index (Phi) is 4.91. The summed E-state index contributed by atoms with van der Waals surface area (Å²) in [5, 5.41) is 3.17. The van der Waals surface area contributed by atoms with Gasteiger partial charge < -0.3 is 10.2 Å². The molecule has 2 rings (SSSR count). The molecule has 0 aliphatic carbocycles. The van der Waals surface area contributed by atoms with E-state index in [1.807, 2.05) is 57.1 Å². The highest BCUT2D eigenvalue weighted by Gasteiger charge is 2.17. The molecule has 3 nitrogen and oxygen atoms in total. The Balaban J connectivity index is 2.32. The molecular formula is C17H22FN3. The van der Waals surface area contributed by atoms with Crippen LogP contribution in [0.3, 0.4) is 0 Å². The smallest absolute Gasteiger partial charge is 0.146 e. The van der Waals surface area contributed by atoms with Crippen LogP contribution >= 0.6 is 0 Å². The predicted molar refractivity (Wildman–Crippen MR) is 85.0 cm³/mol. The number of anilines is 1. The van der Waals surface area contributed by atoms with Crippen LogP contribution < -0.4 is 10.2 Å². The molecule has 1 aromatic heterocycles. The summed E-state index contributed by atoms with van der Waals surface area (Å²) < 4.78 is 14.3. The van der Waals surface area contributed by atoms with E-state index in [-0.39, 0.29) is 11.9 Å². The zero-order valence-electron chi connectivity index (χ0n) is 13.0. The number of halogens is 1. The average Bonchev–Trinajstić information content (AvgIpc) is 2.46. The molecule has 0 saturated carbocycles.